The maximum absolute atomic E-state index is 12.2. The van der Waals surface area contributed by atoms with E-state index >= 15 is 0 Å². The van der Waals surface area contributed by atoms with Crippen LogP contribution < -0.4 is 4.90 Å². The number of hydrogen-bond acceptors (Lipinski definition) is 2. The Labute approximate surface area is 128 Å². The van der Waals surface area contributed by atoms with Gasteiger partial charge in [-0.15, -0.1) is 0 Å². The predicted octanol–water partition coefficient (Wildman–Crippen LogP) is 4.19. The van der Waals surface area contributed by atoms with Crippen LogP contribution in [0.25, 0.3) is 0 Å². The number of fused-ring (bicyclic) bond motifs is 1. The molecule has 2 rings (SSSR count). The molecule has 0 aliphatic carbocycles. The van der Waals surface area contributed by atoms with Gasteiger partial charge >= 0.3 is 0 Å². The first kappa shape index (κ1) is 15.2. The van der Waals surface area contributed by atoms with Gasteiger partial charge in [-0.05, 0) is 40.4 Å². The number of carbonyl (C=O) groups is 2. The van der Waals surface area contributed by atoms with Crippen molar-refractivity contribution in [2.24, 2.45) is 5.92 Å². The largest absolute Gasteiger partial charge is 0.304 e. The Morgan fingerprint density at radius 1 is 1.25 bits per heavy atom. The van der Waals surface area contributed by atoms with E-state index in [2.05, 4.69) is 29.8 Å². The molecule has 108 valence electrons. The lowest BCUT2D eigenvalue weighted by molar-refractivity contribution is -0.114. The van der Waals surface area contributed by atoms with Gasteiger partial charge in [0.1, 0.15) is 0 Å². The molecule has 1 aromatic rings. The third kappa shape index (κ3) is 2.80. The molecule has 20 heavy (non-hydrogen) atoms. The lowest BCUT2D eigenvalue weighted by atomic mass is 9.98. The molecule has 0 bridgehead atoms. The zero-order chi connectivity index (χ0) is 14.7. The number of carbonyl (C=O) groups excluding carboxylic acids is 2. The average Bonchev–Trinajstić information content (AvgIpc) is 2.69. The molecule has 0 aromatic heterocycles. The molecule has 1 aliphatic heterocycles. The minimum absolute atomic E-state index is 0.387. The Bertz CT molecular complexity index is 527. The number of ketones is 1. The summed E-state index contributed by atoms with van der Waals surface area (Å²) in [7, 11) is 0. The third-order valence-corrected chi connectivity index (χ3v) is 4.59. The first-order valence-corrected chi connectivity index (χ1v) is 8.04. The van der Waals surface area contributed by atoms with Crippen LogP contribution in [-0.4, -0.2) is 18.2 Å². The molecular weight excluding hydrogens is 318 g/mol. The maximum Gasteiger partial charge on any atom is 0.299 e. The highest BCUT2D eigenvalue weighted by atomic mass is 79.9. The smallest absolute Gasteiger partial charge is 0.299 e. The van der Waals surface area contributed by atoms with E-state index in [9.17, 15) is 9.59 Å². The molecule has 0 saturated heterocycles. The molecule has 1 heterocycles. The lowest BCUT2D eigenvalue weighted by Gasteiger charge is -2.23. The van der Waals surface area contributed by atoms with Crippen LogP contribution in [0.3, 0.4) is 0 Å². The van der Waals surface area contributed by atoms with E-state index in [1.165, 1.54) is 6.42 Å². The Kier molecular flexibility index (Phi) is 4.97. The van der Waals surface area contributed by atoms with Crippen LogP contribution in [0.15, 0.2) is 22.7 Å². The summed E-state index contributed by atoms with van der Waals surface area (Å²) in [4.78, 5) is 25.9. The van der Waals surface area contributed by atoms with Gasteiger partial charge in [0.25, 0.3) is 11.7 Å². The van der Waals surface area contributed by atoms with E-state index in [1.807, 2.05) is 18.2 Å². The zero-order valence-corrected chi connectivity index (χ0v) is 13.6. The normalized spacial score (nSPS) is 15.7. The second kappa shape index (κ2) is 6.53. The van der Waals surface area contributed by atoms with Gasteiger partial charge in [-0.1, -0.05) is 39.2 Å². The summed E-state index contributed by atoms with van der Waals surface area (Å²) in [6.07, 6.45) is 4.46. The van der Waals surface area contributed by atoms with Gasteiger partial charge < -0.3 is 4.90 Å². The highest BCUT2D eigenvalue weighted by molar-refractivity contribution is 9.10. The number of benzene rings is 1. The van der Waals surface area contributed by atoms with Gasteiger partial charge in [0.15, 0.2) is 0 Å². The van der Waals surface area contributed by atoms with E-state index in [4.69, 9.17) is 0 Å². The fourth-order valence-electron chi connectivity index (χ4n) is 2.66. The number of halogens is 1. The number of nitrogens with zero attached hydrogens (tertiary/aromatic N) is 1. The Morgan fingerprint density at radius 3 is 2.65 bits per heavy atom. The number of Topliss-reactive ketones (excluding diaryl/α,β-unsaturated/α-hetero) is 1. The molecular formula is C16H20BrNO2. The van der Waals surface area contributed by atoms with Crippen LogP contribution in [0.5, 0.6) is 0 Å². The van der Waals surface area contributed by atoms with Gasteiger partial charge in [-0.3, -0.25) is 9.59 Å². The van der Waals surface area contributed by atoms with E-state index in [0.29, 0.717) is 22.5 Å². The van der Waals surface area contributed by atoms with Crippen molar-refractivity contribution < 1.29 is 9.59 Å². The molecule has 0 N–H and O–H groups in total. The molecule has 0 radical (unpaired) electrons. The van der Waals surface area contributed by atoms with Gasteiger partial charge in [-0.2, -0.15) is 0 Å². The summed E-state index contributed by atoms with van der Waals surface area (Å²) in [5, 5.41) is 0. The van der Waals surface area contributed by atoms with Gasteiger partial charge in [0, 0.05) is 11.0 Å². The number of unbranched alkanes of at least 4 members (excludes halogenated alkanes) is 1. The average molecular weight is 338 g/mol. The van der Waals surface area contributed by atoms with Crippen molar-refractivity contribution in [3.05, 3.63) is 28.2 Å². The van der Waals surface area contributed by atoms with Crippen LogP contribution in [0.1, 0.15) is 49.9 Å². The summed E-state index contributed by atoms with van der Waals surface area (Å²) in [5.74, 6) is -0.323. The summed E-state index contributed by atoms with van der Waals surface area (Å²) in [6, 6.07) is 5.53. The van der Waals surface area contributed by atoms with Gasteiger partial charge in [0.05, 0.1) is 11.3 Å². The molecule has 1 atom stereocenters. The van der Waals surface area contributed by atoms with Crippen molar-refractivity contribution in [3.63, 3.8) is 0 Å². The van der Waals surface area contributed by atoms with E-state index < -0.39 is 5.78 Å². The fourth-order valence-corrected chi connectivity index (χ4v) is 3.19. The molecule has 1 aromatic carbocycles. The summed E-state index contributed by atoms with van der Waals surface area (Å²) in [6.45, 7) is 4.96. The standard InChI is InChI=1S/C16H20BrNO2/c1-3-5-7-11(4-2)10-18-13-9-6-8-12(17)14(13)15(19)16(18)20/h6,8-9,11H,3-5,7,10H2,1-2H3. The first-order valence-electron chi connectivity index (χ1n) is 7.24. The molecule has 0 spiro atoms. The lowest BCUT2D eigenvalue weighted by Crippen LogP contribution is -2.34. The molecule has 1 aliphatic rings. The molecule has 0 saturated carbocycles. The summed E-state index contributed by atoms with van der Waals surface area (Å²) >= 11 is 3.37. The number of hydrogen-bond donors (Lipinski definition) is 0. The van der Waals surface area contributed by atoms with Gasteiger partial charge in [-0.25, -0.2) is 0 Å². The van der Waals surface area contributed by atoms with Crippen LogP contribution in [-0.2, 0) is 4.79 Å². The van der Waals surface area contributed by atoms with Crippen LogP contribution in [0, 0.1) is 5.92 Å². The second-order valence-corrected chi connectivity index (χ2v) is 6.15. The SMILES string of the molecule is CCCCC(CC)CN1C(=O)C(=O)c2c(Br)cccc21. The van der Waals surface area contributed by atoms with Crippen molar-refractivity contribution in [2.45, 2.75) is 39.5 Å². The van der Waals surface area contributed by atoms with Crippen molar-refractivity contribution >= 4 is 33.3 Å². The molecule has 1 amide bonds. The maximum atomic E-state index is 12.2. The molecule has 1 unspecified atom stereocenters. The van der Waals surface area contributed by atoms with Crippen molar-refractivity contribution in [2.75, 3.05) is 11.4 Å². The van der Waals surface area contributed by atoms with E-state index in [-0.39, 0.29) is 5.91 Å². The van der Waals surface area contributed by atoms with Crippen LogP contribution in [0.2, 0.25) is 0 Å². The Balaban J connectivity index is 2.23. The number of rotatable bonds is 6. The Morgan fingerprint density at radius 2 is 2.00 bits per heavy atom. The first-order chi connectivity index (χ1) is 9.60. The van der Waals surface area contributed by atoms with Crippen LogP contribution >= 0.6 is 15.9 Å². The highest BCUT2D eigenvalue weighted by Gasteiger charge is 2.37. The molecule has 0 fully saturated rings. The zero-order valence-electron chi connectivity index (χ0n) is 12.0. The van der Waals surface area contributed by atoms with Crippen molar-refractivity contribution in [1.82, 2.24) is 0 Å². The molecule has 4 heteroatoms. The van der Waals surface area contributed by atoms with Crippen molar-refractivity contribution in [3.8, 4) is 0 Å². The summed E-state index contributed by atoms with van der Waals surface area (Å²) in [5.41, 5.74) is 1.27. The third-order valence-electron chi connectivity index (χ3n) is 3.93. The predicted molar refractivity (Wildman–Crippen MR) is 84.1 cm³/mol. The monoisotopic (exact) mass is 337 g/mol. The number of anilines is 1. The quantitative estimate of drug-likeness (QED) is 0.729. The van der Waals surface area contributed by atoms with Crippen molar-refractivity contribution in [1.29, 1.82) is 0 Å². The minimum Gasteiger partial charge on any atom is -0.304 e. The molecule has 3 nitrogen and oxygen atoms in total. The second-order valence-electron chi connectivity index (χ2n) is 5.30. The van der Waals surface area contributed by atoms with Gasteiger partial charge in [0.2, 0.25) is 0 Å². The summed E-state index contributed by atoms with van der Waals surface area (Å²) < 4.78 is 0.706. The fraction of sp³-hybridized carbons (Fsp3) is 0.500. The number of amides is 1. The van der Waals surface area contributed by atoms with Crippen LogP contribution in [0.4, 0.5) is 5.69 Å². The highest BCUT2D eigenvalue weighted by Crippen LogP contribution is 2.35. The Hall–Kier alpha value is -1.16. The topological polar surface area (TPSA) is 37.4 Å². The van der Waals surface area contributed by atoms with E-state index in [1.54, 1.807) is 4.90 Å². The van der Waals surface area contributed by atoms with E-state index in [0.717, 1.165) is 24.9 Å². The minimum atomic E-state index is -0.391.